The van der Waals surface area contributed by atoms with Crippen molar-refractivity contribution in [1.82, 2.24) is 9.97 Å². The Bertz CT molecular complexity index is 674. The van der Waals surface area contributed by atoms with Gasteiger partial charge in [0, 0.05) is 17.8 Å². The second-order valence-electron chi connectivity index (χ2n) is 7.72. The first-order valence-corrected chi connectivity index (χ1v) is 11.4. The number of hydrogen-bond acceptors (Lipinski definition) is 2. The Morgan fingerprint density at radius 1 is 0.750 bits per heavy atom. The van der Waals surface area contributed by atoms with Crippen LogP contribution < -0.4 is 0 Å². The predicted octanol–water partition coefficient (Wildman–Crippen LogP) is 7.35. The summed E-state index contributed by atoms with van der Waals surface area (Å²) in [6.07, 6.45) is 7.65. The van der Waals surface area contributed by atoms with Gasteiger partial charge in [-0.05, 0) is 82.8 Å². The molecule has 0 spiro atoms. The fourth-order valence-corrected chi connectivity index (χ4v) is 4.00. The first-order chi connectivity index (χ1) is 13.5. The Balaban J connectivity index is 0.000000921. The monoisotopic (exact) mass is 382 g/mol. The molecule has 0 amide bonds. The first kappa shape index (κ1) is 24.3. The van der Waals surface area contributed by atoms with Crippen LogP contribution in [0.2, 0.25) is 0 Å². The smallest absolute Gasteiger partial charge is 0.129 e. The van der Waals surface area contributed by atoms with Crippen LogP contribution in [0, 0.1) is 39.5 Å². The molecule has 0 N–H and O–H groups in total. The largest absolute Gasteiger partial charge is 0.238 e. The molecule has 0 bridgehead atoms. The maximum Gasteiger partial charge on any atom is 0.129 e. The molecule has 1 heterocycles. The first-order valence-electron chi connectivity index (χ1n) is 11.4. The molecule has 1 fully saturated rings. The molecule has 1 aliphatic rings. The molecule has 1 saturated carbocycles. The van der Waals surface area contributed by atoms with Crippen molar-refractivity contribution >= 4 is 0 Å². The van der Waals surface area contributed by atoms with Gasteiger partial charge in [0.2, 0.25) is 0 Å². The lowest BCUT2D eigenvalue weighted by atomic mass is 9.78. The van der Waals surface area contributed by atoms with Crippen LogP contribution >= 0.6 is 0 Å². The van der Waals surface area contributed by atoms with E-state index >= 15 is 0 Å². The zero-order chi connectivity index (χ0) is 21.1. The van der Waals surface area contributed by atoms with E-state index in [1.54, 1.807) is 0 Å². The van der Waals surface area contributed by atoms with Crippen LogP contribution in [0.3, 0.4) is 0 Å². The molecular formula is C26H42N2. The third-order valence-corrected chi connectivity index (χ3v) is 5.72. The third kappa shape index (κ3) is 7.37. The Labute approximate surface area is 174 Å². The number of nitrogens with zero attached hydrogens (tertiary/aromatic N) is 2. The average Bonchev–Trinajstić information content (AvgIpc) is 2.71. The van der Waals surface area contributed by atoms with E-state index in [1.807, 2.05) is 27.7 Å². The van der Waals surface area contributed by atoms with Crippen LogP contribution in [0.5, 0.6) is 0 Å². The van der Waals surface area contributed by atoms with Gasteiger partial charge in [-0.15, -0.1) is 0 Å². The zero-order valence-electron chi connectivity index (χ0n) is 19.6. The van der Waals surface area contributed by atoms with Crippen LogP contribution in [-0.4, -0.2) is 9.97 Å². The summed E-state index contributed by atoms with van der Waals surface area (Å²) in [7, 11) is 0. The second-order valence-corrected chi connectivity index (χ2v) is 7.72. The van der Waals surface area contributed by atoms with E-state index in [0.29, 0.717) is 0 Å². The van der Waals surface area contributed by atoms with Gasteiger partial charge in [0.1, 0.15) is 5.82 Å². The summed E-state index contributed by atoms with van der Waals surface area (Å²) < 4.78 is 0. The van der Waals surface area contributed by atoms with Crippen molar-refractivity contribution in [2.24, 2.45) is 11.8 Å². The van der Waals surface area contributed by atoms with E-state index in [2.05, 4.69) is 52.0 Å². The van der Waals surface area contributed by atoms with E-state index in [1.165, 1.54) is 48.8 Å². The van der Waals surface area contributed by atoms with Crippen molar-refractivity contribution in [3.05, 3.63) is 58.2 Å². The van der Waals surface area contributed by atoms with Crippen molar-refractivity contribution < 1.29 is 0 Å². The summed E-state index contributed by atoms with van der Waals surface area (Å²) in [6.45, 7) is 16.5. The highest BCUT2D eigenvalue weighted by molar-refractivity contribution is 5.23. The van der Waals surface area contributed by atoms with Crippen LogP contribution in [0.4, 0.5) is 0 Å². The van der Waals surface area contributed by atoms with Gasteiger partial charge < -0.3 is 0 Å². The maximum absolute atomic E-state index is 4.71. The number of rotatable bonds is 4. The Hall–Kier alpha value is -1.70. The fraction of sp³-hybridized carbons (Fsp3) is 0.615. The van der Waals surface area contributed by atoms with Crippen LogP contribution in [0.1, 0.15) is 87.3 Å². The lowest BCUT2D eigenvalue weighted by Gasteiger charge is -2.28. The molecule has 1 aromatic heterocycles. The van der Waals surface area contributed by atoms with Gasteiger partial charge in [-0.1, -0.05) is 57.5 Å². The minimum absolute atomic E-state index is 0.764. The summed E-state index contributed by atoms with van der Waals surface area (Å²) in [5.41, 5.74) is 6.41. The fourth-order valence-electron chi connectivity index (χ4n) is 4.00. The topological polar surface area (TPSA) is 25.8 Å². The number of hydrogen-bond donors (Lipinski definition) is 0. The van der Waals surface area contributed by atoms with Gasteiger partial charge in [0.15, 0.2) is 0 Å². The highest BCUT2D eigenvalue weighted by Gasteiger charge is 2.22. The van der Waals surface area contributed by atoms with Crippen molar-refractivity contribution in [3.63, 3.8) is 0 Å². The lowest BCUT2D eigenvalue weighted by molar-refractivity contribution is 0.269. The van der Waals surface area contributed by atoms with Crippen LogP contribution in [0.25, 0.3) is 0 Å². The number of benzene rings is 1. The number of aryl methyl sites for hydroxylation is 3. The van der Waals surface area contributed by atoms with E-state index in [4.69, 9.17) is 9.97 Å². The molecule has 0 unspecified atom stereocenters. The molecule has 0 aliphatic heterocycles. The SMILES string of the molecule is CC.CC.Cc1cccc(CC2CCC(Cc3nc(C)c(C)c(C)n3)CC2)c1. The van der Waals surface area contributed by atoms with Crippen LogP contribution in [-0.2, 0) is 12.8 Å². The molecule has 2 heteroatoms. The Kier molecular flexibility index (Phi) is 11.0. The second kappa shape index (κ2) is 12.7. The summed E-state index contributed by atoms with van der Waals surface area (Å²) in [5, 5.41) is 0. The van der Waals surface area contributed by atoms with Crippen molar-refractivity contribution in [2.45, 2.75) is 93.9 Å². The quantitative estimate of drug-likeness (QED) is 0.552. The van der Waals surface area contributed by atoms with Crippen LogP contribution in [0.15, 0.2) is 24.3 Å². The van der Waals surface area contributed by atoms with Gasteiger partial charge in [-0.3, -0.25) is 0 Å². The lowest BCUT2D eigenvalue weighted by Crippen LogP contribution is -2.19. The summed E-state index contributed by atoms with van der Waals surface area (Å²) in [6, 6.07) is 9.00. The summed E-state index contributed by atoms with van der Waals surface area (Å²) in [4.78, 5) is 9.43. The molecule has 28 heavy (non-hydrogen) atoms. The molecular weight excluding hydrogens is 340 g/mol. The molecule has 1 aromatic carbocycles. The van der Waals surface area contributed by atoms with E-state index in [9.17, 15) is 0 Å². The highest BCUT2D eigenvalue weighted by Crippen LogP contribution is 2.32. The van der Waals surface area contributed by atoms with E-state index in [-0.39, 0.29) is 0 Å². The van der Waals surface area contributed by atoms with Gasteiger partial charge in [0.25, 0.3) is 0 Å². The zero-order valence-corrected chi connectivity index (χ0v) is 19.6. The Morgan fingerprint density at radius 3 is 1.75 bits per heavy atom. The number of aromatic nitrogens is 2. The van der Waals surface area contributed by atoms with Crippen molar-refractivity contribution in [1.29, 1.82) is 0 Å². The molecule has 1 aliphatic carbocycles. The molecule has 156 valence electrons. The molecule has 0 radical (unpaired) electrons. The summed E-state index contributed by atoms with van der Waals surface area (Å²) >= 11 is 0. The normalized spacial score (nSPS) is 18.4. The van der Waals surface area contributed by atoms with Gasteiger partial charge >= 0.3 is 0 Å². The summed E-state index contributed by atoms with van der Waals surface area (Å²) in [5.74, 6) is 2.67. The Morgan fingerprint density at radius 2 is 1.25 bits per heavy atom. The molecule has 3 rings (SSSR count). The minimum Gasteiger partial charge on any atom is -0.238 e. The highest BCUT2D eigenvalue weighted by atomic mass is 14.9. The van der Waals surface area contributed by atoms with Gasteiger partial charge in [0.05, 0.1) is 0 Å². The van der Waals surface area contributed by atoms with Gasteiger partial charge in [-0.25, -0.2) is 9.97 Å². The molecule has 0 saturated heterocycles. The molecule has 2 nitrogen and oxygen atoms in total. The van der Waals surface area contributed by atoms with E-state index in [0.717, 1.165) is 35.5 Å². The van der Waals surface area contributed by atoms with Crippen molar-refractivity contribution in [2.75, 3.05) is 0 Å². The molecule has 2 aromatic rings. The average molecular weight is 383 g/mol. The van der Waals surface area contributed by atoms with Crippen molar-refractivity contribution in [3.8, 4) is 0 Å². The standard InChI is InChI=1S/C22H30N2.2C2H6/c1-15-6-5-7-21(12-15)13-19-8-10-20(11-9-19)14-22-23-17(3)16(2)18(4)24-22;2*1-2/h5-7,12,19-20H,8-11,13-14H2,1-4H3;2*1-2H3. The van der Waals surface area contributed by atoms with E-state index < -0.39 is 0 Å². The third-order valence-electron chi connectivity index (χ3n) is 5.72. The minimum atomic E-state index is 0.764. The molecule has 0 atom stereocenters. The maximum atomic E-state index is 4.71. The predicted molar refractivity (Wildman–Crippen MR) is 123 cm³/mol. The van der Waals surface area contributed by atoms with Gasteiger partial charge in [-0.2, -0.15) is 0 Å².